The van der Waals surface area contributed by atoms with Crippen molar-refractivity contribution in [2.45, 2.75) is 0 Å². The quantitative estimate of drug-likeness (QED) is 0.788. The van der Waals surface area contributed by atoms with Gasteiger partial charge in [0.15, 0.2) is 0 Å². The molecular formula is C18H15NO4S. The highest BCUT2D eigenvalue weighted by molar-refractivity contribution is 8.19. The average Bonchev–Trinajstić information content (AvgIpc) is 2.89. The van der Waals surface area contributed by atoms with Crippen molar-refractivity contribution in [1.82, 2.24) is 0 Å². The third-order valence-corrected chi connectivity index (χ3v) is 4.41. The number of thioether (sulfide) groups is 1. The first-order valence-electron chi connectivity index (χ1n) is 7.18. The molecule has 2 aromatic carbocycles. The zero-order valence-electron chi connectivity index (χ0n) is 13.2. The van der Waals surface area contributed by atoms with Gasteiger partial charge in [-0.1, -0.05) is 12.1 Å². The van der Waals surface area contributed by atoms with Gasteiger partial charge in [0.05, 0.1) is 24.8 Å². The molecule has 5 nitrogen and oxygen atoms in total. The van der Waals surface area contributed by atoms with E-state index in [0.29, 0.717) is 16.3 Å². The van der Waals surface area contributed by atoms with Crippen LogP contribution in [-0.2, 0) is 4.79 Å². The molecular weight excluding hydrogens is 326 g/mol. The van der Waals surface area contributed by atoms with Crippen LogP contribution in [0.25, 0.3) is 6.08 Å². The van der Waals surface area contributed by atoms with Crippen LogP contribution in [0.2, 0.25) is 0 Å². The predicted molar refractivity (Wildman–Crippen MR) is 94.4 cm³/mol. The van der Waals surface area contributed by atoms with Crippen LogP contribution in [-0.4, -0.2) is 25.4 Å². The maximum absolute atomic E-state index is 12.6. The van der Waals surface area contributed by atoms with E-state index in [2.05, 4.69) is 0 Å². The first-order valence-corrected chi connectivity index (χ1v) is 8.00. The van der Waals surface area contributed by atoms with Gasteiger partial charge in [-0.25, -0.2) is 4.90 Å². The van der Waals surface area contributed by atoms with Crippen molar-refractivity contribution in [3.63, 3.8) is 0 Å². The highest BCUT2D eigenvalue weighted by Crippen LogP contribution is 2.36. The van der Waals surface area contributed by atoms with Gasteiger partial charge < -0.3 is 9.47 Å². The molecule has 1 fully saturated rings. The zero-order chi connectivity index (χ0) is 17.1. The Morgan fingerprint density at radius 1 is 0.875 bits per heavy atom. The molecule has 0 spiro atoms. The standard InChI is InChI=1S/C18H15NO4S/c1-22-14-7-3-12(4-8-14)11-16-17(20)19(18(21)24-16)13-5-9-15(23-2)10-6-13/h3-11H,1-2H3/b16-11-. The topological polar surface area (TPSA) is 55.8 Å². The molecule has 0 N–H and O–H groups in total. The zero-order valence-corrected chi connectivity index (χ0v) is 14.0. The van der Waals surface area contributed by atoms with E-state index < -0.39 is 0 Å². The number of hydrogen-bond acceptors (Lipinski definition) is 5. The number of hydrogen-bond donors (Lipinski definition) is 0. The largest absolute Gasteiger partial charge is 0.497 e. The van der Waals surface area contributed by atoms with Crippen LogP contribution in [0.5, 0.6) is 11.5 Å². The first kappa shape index (κ1) is 16.1. The normalized spacial score (nSPS) is 15.9. The van der Waals surface area contributed by atoms with Crippen molar-refractivity contribution in [1.29, 1.82) is 0 Å². The van der Waals surface area contributed by atoms with E-state index in [1.807, 2.05) is 12.1 Å². The lowest BCUT2D eigenvalue weighted by molar-refractivity contribution is -0.113. The molecule has 0 atom stereocenters. The fraction of sp³-hybridized carbons (Fsp3) is 0.111. The number of nitrogens with zero attached hydrogens (tertiary/aromatic N) is 1. The molecule has 1 heterocycles. The van der Waals surface area contributed by atoms with Gasteiger partial charge in [-0.3, -0.25) is 9.59 Å². The van der Waals surface area contributed by atoms with Gasteiger partial charge in [-0.15, -0.1) is 0 Å². The van der Waals surface area contributed by atoms with Gasteiger partial charge in [0.2, 0.25) is 0 Å². The maximum atomic E-state index is 12.6. The summed E-state index contributed by atoms with van der Waals surface area (Å²) in [7, 11) is 3.15. The molecule has 0 aliphatic carbocycles. The number of benzene rings is 2. The Morgan fingerprint density at radius 3 is 1.96 bits per heavy atom. The summed E-state index contributed by atoms with van der Waals surface area (Å²) in [4.78, 5) is 26.3. The molecule has 1 aliphatic heterocycles. The summed E-state index contributed by atoms with van der Waals surface area (Å²) in [5.74, 6) is 1.07. The van der Waals surface area contributed by atoms with E-state index in [1.54, 1.807) is 56.7 Å². The minimum Gasteiger partial charge on any atom is -0.497 e. The van der Waals surface area contributed by atoms with Gasteiger partial charge >= 0.3 is 0 Å². The molecule has 0 unspecified atom stereocenters. The molecule has 0 saturated carbocycles. The fourth-order valence-corrected chi connectivity index (χ4v) is 3.11. The van der Waals surface area contributed by atoms with Crippen molar-refractivity contribution in [2.75, 3.05) is 19.1 Å². The second-order valence-corrected chi connectivity index (χ2v) is 5.98. The lowest BCUT2D eigenvalue weighted by Crippen LogP contribution is -2.27. The van der Waals surface area contributed by atoms with Crippen LogP contribution in [0.4, 0.5) is 10.5 Å². The number of carbonyl (C=O) groups is 2. The Bertz CT molecular complexity index is 797. The van der Waals surface area contributed by atoms with E-state index >= 15 is 0 Å². The molecule has 24 heavy (non-hydrogen) atoms. The van der Waals surface area contributed by atoms with E-state index in [9.17, 15) is 9.59 Å². The van der Waals surface area contributed by atoms with Crippen LogP contribution in [0.3, 0.4) is 0 Å². The summed E-state index contributed by atoms with van der Waals surface area (Å²) < 4.78 is 10.2. The van der Waals surface area contributed by atoms with Crippen molar-refractivity contribution in [2.24, 2.45) is 0 Å². The van der Waals surface area contributed by atoms with Crippen molar-refractivity contribution >= 4 is 34.7 Å². The van der Waals surface area contributed by atoms with Gasteiger partial charge in [-0.2, -0.15) is 0 Å². The molecule has 0 aromatic heterocycles. The Balaban J connectivity index is 1.85. The van der Waals surface area contributed by atoms with Gasteiger partial charge in [0, 0.05) is 0 Å². The third-order valence-electron chi connectivity index (χ3n) is 3.54. The molecule has 0 bridgehead atoms. The number of carbonyl (C=O) groups excluding carboxylic acids is 2. The molecule has 122 valence electrons. The summed E-state index contributed by atoms with van der Waals surface area (Å²) in [5.41, 5.74) is 1.35. The molecule has 2 aromatic rings. The molecule has 3 rings (SSSR count). The summed E-state index contributed by atoms with van der Waals surface area (Å²) in [5, 5.41) is -0.315. The monoisotopic (exact) mass is 341 g/mol. The molecule has 6 heteroatoms. The Hall–Kier alpha value is -2.73. The van der Waals surface area contributed by atoms with Gasteiger partial charge in [0.1, 0.15) is 11.5 Å². The Morgan fingerprint density at radius 2 is 1.42 bits per heavy atom. The van der Waals surface area contributed by atoms with Crippen LogP contribution >= 0.6 is 11.8 Å². The summed E-state index contributed by atoms with van der Waals surface area (Å²) in [6.07, 6.45) is 1.70. The van der Waals surface area contributed by atoms with E-state index in [1.165, 1.54) is 4.90 Å². The van der Waals surface area contributed by atoms with E-state index in [0.717, 1.165) is 23.1 Å². The second kappa shape index (κ2) is 6.80. The second-order valence-electron chi connectivity index (χ2n) is 4.99. The van der Waals surface area contributed by atoms with Crippen LogP contribution in [0, 0.1) is 0 Å². The van der Waals surface area contributed by atoms with Crippen molar-refractivity contribution < 1.29 is 19.1 Å². The number of ether oxygens (including phenoxy) is 2. The number of rotatable bonds is 4. The number of imide groups is 1. The highest BCUT2D eigenvalue weighted by Gasteiger charge is 2.36. The van der Waals surface area contributed by atoms with Crippen LogP contribution in [0.15, 0.2) is 53.4 Å². The van der Waals surface area contributed by atoms with Gasteiger partial charge in [0.25, 0.3) is 11.1 Å². The Labute approximate surface area is 143 Å². The minimum absolute atomic E-state index is 0.315. The van der Waals surface area contributed by atoms with Crippen LogP contribution < -0.4 is 14.4 Å². The summed E-state index contributed by atoms with van der Waals surface area (Å²) in [6.45, 7) is 0. The summed E-state index contributed by atoms with van der Waals surface area (Å²) >= 11 is 0.927. The minimum atomic E-state index is -0.328. The molecule has 1 aliphatic rings. The lowest BCUT2D eigenvalue weighted by atomic mass is 10.2. The smallest absolute Gasteiger partial charge is 0.298 e. The van der Waals surface area contributed by atoms with E-state index in [-0.39, 0.29) is 11.1 Å². The predicted octanol–water partition coefficient (Wildman–Crippen LogP) is 3.94. The number of anilines is 1. The van der Waals surface area contributed by atoms with E-state index in [4.69, 9.17) is 9.47 Å². The summed E-state index contributed by atoms with van der Waals surface area (Å²) in [6, 6.07) is 14.1. The molecule has 2 amide bonds. The van der Waals surface area contributed by atoms with Crippen molar-refractivity contribution in [3.05, 3.63) is 59.0 Å². The SMILES string of the molecule is COc1ccc(/C=C2\SC(=O)N(c3ccc(OC)cc3)C2=O)cc1. The van der Waals surface area contributed by atoms with Gasteiger partial charge in [-0.05, 0) is 59.8 Å². The number of methoxy groups -OCH3 is 2. The van der Waals surface area contributed by atoms with Crippen LogP contribution in [0.1, 0.15) is 5.56 Å². The molecule has 1 saturated heterocycles. The fourth-order valence-electron chi connectivity index (χ4n) is 2.27. The highest BCUT2D eigenvalue weighted by atomic mass is 32.2. The number of amides is 2. The average molecular weight is 341 g/mol. The molecule has 0 radical (unpaired) electrons. The first-order chi connectivity index (χ1) is 11.6. The van der Waals surface area contributed by atoms with Crippen molar-refractivity contribution in [3.8, 4) is 11.5 Å². The maximum Gasteiger partial charge on any atom is 0.298 e. The Kier molecular flexibility index (Phi) is 4.57. The lowest BCUT2D eigenvalue weighted by Gasteiger charge is -2.12. The third kappa shape index (κ3) is 3.14.